The lowest BCUT2D eigenvalue weighted by atomic mass is 10.0. The van der Waals surface area contributed by atoms with Gasteiger partial charge in [-0.25, -0.2) is 0 Å². The minimum atomic E-state index is 0.0991. The van der Waals surface area contributed by atoms with E-state index in [1.807, 2.05) is 6.92 Å². The second-order valence-corrected chi connectivity index (χ2v) is 4.71. The summed E-state index contributed by atoms with van der Waals surface area (Å²) in [4.78, 5) is 11.8. The first-order valence-electron chi connectivity index (χ1n) is 6.67. The van der Waals surface area contributed by atoms with E-state index < -0.39 is 0 Å². The summed E-state index contributed by atoms with van der Waals surface area (Å²) in [5.74, 6) is 0.0991. The number of carbonyl (C=O) groups is 1. The molecule has 0 saturated heterocycles. The van der Waals surface area contributed by atoms with E-state index in [9.17, 15) is 4.79 Å². The summed E-state index contributed by atoms with van der Waals surface area (Å²) in [7, 11) is 0. The first kappa shape index (κ1) is 14.7. The molecule has 0 aromatic heterocycles. The summed E-state index contributed by atoms with van der Waals surface area (Å²) in [6.07, 6.45) is 1.59. The van der Waals surface area contributed by atoms with E-state index in [-0.39, 0.29) is 5.91 Å². The number of aryl methyl sites for hydroxylation is 2. The van der Waals surface area contributed by atoms with Crippen molar-refractivity contribution in [3.8, 4) is 0 Å². The molecule has 1 amide bonds. The quantitative estimate of drug-likeness (QED) is 0.724. The van der Waals surface area contributed by atoms with Gasteiger partial charge in [0.1, 0.15) is 0 Å². The zero-order valence-corrected chi connectivity index (χ0v) is 11.7. The van der Waals surface area contributed by atoms with Crippen molar-refractivity contribution in [1.82, 2.24) is 10.6 Å². The van der Waals surface area contributed by atoms with E-state index in [2.05, 4.69) is 42.7 Å². The molecule has 0 radical (unpaired) electrons. The lowest BCUT2D eigenvalue weighted by Crippen LogP contribution is -2.33. The normalized spacial score (nSPS) is 10.4. The van der Waals surface area contributed by atoms with Crippen LogP contribution in [0.15, 0.2) is 18.2 Å². The third-order valence-corrected chi connectivity index (χ3v) is 2.91. The standard InChI is InChI=1S/C15H24N2O/c1-4-7-16-8-9-17-15(18)11-14-10-12(2)5-6-13(14)3/h5-6,10,16H,4,7-9,11H2,1-3H3,(H,17,18). The molecule has 1 aromatic rings. The van der Waals surface area contributed by atoms with Crippen LogP contribution in [0.4, 0.5) is 0 Å². The Morgan fingerprint density at radius 2 is 1.94 bits per heavy atom. The van der Waals surface area contributed by atoms with Crippen LogP contribution in [-0.2, 0) is 11.2 Å². The van der Waals surface area contributed by atoms with Gasteiger partial charge < -0.3 is 10.6 Å². The van der Waals surface area contributed by atoms with Gasteiger partial charge in [0.2, 0.25) is 5.91 Å². The molecule has 1 aromatic carbocycles. The van der Waals surface area contributed by atoms with Crippen molar-refractivity contribution in [1.29, 1.82) is 0 Å². The fourth-order valence-corrected chi connectivity index (χ4v) is 1.82. The third-order valence-electron chi connectivity index (χ3n) is 2.91. The number of benzene rings is 1. The first-order valence-corrected chi connectivity index (χ1v) is 6.67. The predicted molar refractivity (Wildman–Crippen MR) is 75.8 cm³/mol. The van der Waals surface area contributed by atoms with Crippen LogP contribution >= 0.6 is 0 Å². The molecule has 0 aliphatic carbocycles. The smallest absolute Gasteiger partial charge is 0.224 e. The number of hydrogen-bond donors (Lipinski definition) is 2. The van der Waals surface area contributed by atoms with Gasteiger partial charge in [0.25, 0.3) is 0 Å². The molecular formula is C15H24N2O. The predicted octanol–water partition coefficient (Wildman–Crippen LogP) is 1.96. The van der Waals surface area contributed by atoms with Crippen molar-refractivity contribution in [2.75, 3.05) is 19.6 Å². The molecule has 3 heteroatoms. The van der Waals surface area contributed by atoms with Crippen LogP contribution in [0.1, 0.15) is 30.0 Å². The number of nitrogens with one attached hydrogen (secondary N) is 2. The van der Waals surface area contributed by atoms with Crippen LogP contribution in [0.5, 0.6) is 0 Å². The van der Waals surface area contributed by atoms with Crippen LogP contribution in [-0.4, -0.2) is 25.5 Å². The van der Waals surface area contributed by atoms with E-state index in [4.69, 9.17) is 0 Å². The second-order valence-electron chi connectivity index (χ2n) is 4.71. The topological polar surface area (TPSA) is 41.1 Å². The maximum absolute atomic E-state index is 11.8. The Labute approximate surface area is 110 Å². The minimum absolute atomic E-state index is 0.0991. The molecular weight excluding hydrogens is 224 g/mol. The van der Waals surface area contributed by atoms with E-state index in [0.29, 0.717) is 13.0 Å². The molecule has 0 aliphatic heterocycles. The van der Waals surface area contributed by atoms with Gasteiger partial charge in [0, 0.05) is 13.1 Å². The van der Waals surface area contributed by atoms with Crippen molar-refractivity contribution in [2.24, 2.45) is 0 Å². The minimum Gasteiger partial charge on any atom is -0.355 e. The zero-order chi connectivity index (χ0) is 13.4. The first-order chi connectivity index (χ1) is 8.63. The van der Waals surface area contributed by atoms with E-state index in [1.165, 1.54) is 11.1 Å². The van der Waals surface area contributed by atoms with Crippen molar-refractivity contribution in [2.45, 2.75) is 33.6 Å². The molecule has 100 valence electrons. The molecule has 0 spiro atoms. The molecule has 0 bridgehead atoms. The van der Waals surface area contributed by atoms with Crippen LogP contribution in [0.25, 0.3) is 0 Å². The highest BCUT2D eigenvalue weighted by Gasteiger charge is 2.05. The summed E-state index contributed by atoms with van der Waals surface area (Å²) in [5, 5.41) is 6.20. The lowest BCUT2D eigenvalue weighted by molar-refractivity contribution is -0.120. The Hall–Kier alpha value is -1.35. The van der Waals surface area contributed by atoms with Crippen molar-refractivity contribution < 1.29 is 4.79 Å². The maximum atomic E-state index is 11.8. The molecule has 0 atom stereocenters. The van der Waals surface area contributed by atoms with Crippen LogP contribution < -0.4 is 10.6 Å². The van der Waals surface area contributed by atoms with Crippen LogP contribution in [0.3, 0.4) is 0 Å². The molecule has 0 unspecified atom stereocenters. The SMILES string of the molecule is CCCNCCNC(=O)Cc1cc(C)ccc1C. The highest BCUT2D eigenvalue weighted by Crippen LogP contribution is 2.11. The summed E-state index contributed by atoms with van der Waals surface area (Å²) < 4.78 is 0. The van der Waals surface area contributed by atoms with Gasteiger partial charge in [-0.1, -0.05) is 30.7 Å². The van der Waals surface area contributed by atoms with E-state index >= 15 is 0 Å². The summed E-state index contributed by atoms with van der Waals surface area (Å²) in [6, 6.07) is 6.23. The van der Waals surface area contributed by atoms with Crippen molar-refractivity contribution in [3.05, 3.63) is 34.9 Å². The van der Waals surface area contributed by atoms with Gasteiger partial charge in [-0.05, 0) is 37.9 Å². The van der Waals surface area contributed by atoms with Crippen molar-refractivity contribution >= 4 is 5.91 Å². The summed E-state index contributed by atoms with van der Waals surface area (Å²) in [6.45, 7) is 8.77. The van der Waals surface area contributed by atoms with Gasteiger partial charge >= 0.3 is 0 Å². The molecule has 0 fully saturated rings. The molecule has 0 saturated carbocycles. The molecule has 0 heterocycles. The van der Waals surface area contributed by atoms with Gasteiger partial charge in [-0.2, -0.15) is 0 Å². The number of rotatable bonds is 7. The molecule has 0 aliphatic rings. The highest BCUT2D eigenvalue weighted by atomic mass is 16.1. The van der Waals surface area contributed by atoms with Crippen LogP contribution in [0, 0.1) is 13.8 Å². The summed E-state index contributed by atoms with van der Waals surface area (Å²) in [5.41, 5.74) is 3.50. The Morgan fingerprint density at radius 1 is 1.17 bits per heavy atom. The molecule has 1 rings (SSSR count). The van der Waals surface area contributed by atoms with Gasteiger partial charge in [-0.15, -0.1) is 0 Å². The maximum Gasteiger partial charge on any atom is 0.224 e. The zero-order valence-electron chi connectivity index (χ0n) is 11.7. The number of carbonyl (C=O) groups excluding carboxylic acids is 1. The van der Waals surface area contributed by atoms with Crippen molar-refractivity contribution in [3.63, 3.8) is 0 Å². The highest BCUT2D eigenvalue weighted by molar-refractivity contribution is 5.78. The largest absolute Gasteiger partial charge is 0.355 e. The lowest BCUT2D eigenvalue weighted by Gasteiger charge is -2.08. The molecule has 2 N–H and O–H groups in total. The second kappa shape index (κ2) is 7.88. The Morgan fingerprint density at radius 3 is 2.67 bits per heavy atom. The monoisotopic (exact) mass is 248 g/mol. The van der Waals surface area contributed by atoms with E-state index in [0.717, 1.165) is 25.1 Å². The number of hydrogen-bond acceptors (Lipinski definition) is 2. The molecule has 3 nitrogen and oxygen atoms in total. The fourth-order valence-electron chi connectivity index (χ4n) is 1.82. The molecule has 18 heavy (non-hydrogen) atoms. The fraction of sp³-hybridized carbons (Fsp3) is 0.533. The van der Waals surface area contributed by atoms with Gasteiger partial charge in [0.05, 0.1) is 6.42 Å². The summed E-state index contributed by atoms with van der Waals surface area (Å²) >= 11 is 0. The number of amides is 1. The Kier molecular flexibility index (Phi) is 6.44. The average Bonchev–Trinajstić information content (AvgIpc) is 2.33. The van der Waals surface area contributed by atoms with Gasteiger partial charge in [-0.3, -0.25) is 4.79 Å². The van der Waals surface area contributed by atoms with E-state index in [1.54, 1.807) is 0 Å². The third kappa shape index (κ3) is 5.32. The average molecular weight is 248 g/mol. The van der Waals surface area contributed by atoms with Crippen LogP contribution in [0.2, 0.25) is 0 Å². The Balaban J connectivity index is 2.33. The Bertz CT molecular complexity index is 388. The van der Waals surface area contributed by atoms with Gasteiger partial charge in [0.15, 0.2) is 0 Å².